The highest BCUT2D eigenvalue weighted by atomic mass is 35.5. The molecule has 3 heterocycles. The third kappa shape index (κ3) is 3.45. The molecule has 28 heavy (non-hydrogen) atoms. The van der Waals surface area contributed by atoms with Crippen molar-refractivity contribution < 1.29 is 14.3 Å². The molecule has 2 N–H and O–H groups in total. The lowest BCUT2D eigenvalue weighted by Gasteiger charge is -2.45. The van der Waals surface area contributed by atoms with Gasteiger partial charge in [0.15, 0.2) is 6.10 Å². The first-order valence-corrected chi connectivity index (χ1v) is 9.61. The van der Waals surface area contributed by atoms with Gasteiger partial charge in [-0.3, -0.25) is 4.79 Å². The molecule has 0 bridgehead atoms. The summed E-state index contributed by atoms with van der Waals surface area (Å²) in [6.07, 6.45) is 4.12. The second kappa shape index (κ2) is 7.44. The van der Waals surface area contributed by atoms with Gasteiger partial charge >= 0.3 is 6.03 Å². The van der Waals surface area contributed by atoms with Crippen molar-refractivity contribution in [2.75, 3.05) is 25.5 Å². The van der Waals surface area contributed by atoms with Crippen LogP contribution in [0.15, 0.2) is 36.7 Å². The maximum absolute atomic E-state index is 12.9. The number of hydrogen-bond acceptors (Lipinski definition) is 4. The summed E-state index contributed by atoms with van der Waals surface area (Å²) in [5.41, 5.74) is -0.00761. The van der Waals surface area contributed by atoms with Crippen LogP contribution in [0.25, 0.3) is 0 Å². The van der Waals surface area contributed by atoms with E-state index in [1.165, 1.54) is 0 Å². The molecule has 0 unspecified atom stereocenters. The Morgan fingerprint density at radius 3 is 2.64 bits per heavy atom. The van der Waals surface area contributed by atoms with Crippen molar-refractivity contribution in [1.82, 2.24) is 19.8 Å². The van der Waals surface area contributed by atoms with Crippen LogP contribution in [-0.2, 0) is 21.7 Å². The molecule has 148 valence electrons. The number of fused-ring (bicyclic) bond motifs is 2. The van der Waals surface area contributed by atoms with E-state index in [4.69, 9.17) is 16.3 Å². The topological polar surface area (TPSA) is 88.5 Å². The Kier molecular flexibility index (Phi) is 4.99. The number of benzene rings is 1. The zero-order valence-electron chi connectivity index (χ0n) is 15.5. The molecule has 2 aromatic rings. The van der Waals surface area contributed by atoms with Gasteiger partial charge in [-0.1, -0.05) is 11.6 Å². The van der Waals surface area contributed by atoms with Crippen LogP contribution in [0.4, 0.5) is 10.5 Å². The SMILES string of the molecule is CNC(=O)N1CCC2(CC1)O[C@@H](C(=O)Nc1ccc(Cl)cc1)Cn1ccnc12. The lowest BCUT2D eigenvalue weighted by atomic mass is 9.88. The van der Waals surface area contributed by atoms with Gasteiger partial charge in [-0.25, -0.2) is 9.78 Å². The van der Waals surface area contributed by atoms with Crippen molar-refractivity contribution in [3.8, 4) is 0 Å². The van der Waals surface area contributed by atoms with Crippen LogP contribution in [0.2, 0.25) is 5.02 Å². The summed E-state index contributed by atoms with van der Waals surface area (Å²) in [6, 6.07) is 6.85. The fourth-order valence-corrected chi connectivity index (χ4v) is 3.99. The van der Waals surface area contributed by atoms with E-state index >= 15 is 0 Å². The maximum atomic E-state index is 12.9. The second-order valence-corrected chi connectivity index (χ2v) is 7.48. The van der Waals surface area contributed by atoms with Crippen molar-refractivity contribution in [2.45, 2.75) is 31.1 Å². The molecule has 1 saturated heterocycles. The zero-order chi connectivity index (χ0) is 19.7. The Bertz CT molecular complexity index is 874. The van der Waals surface area contributed by atoms with Crippen LogP contribution < -0.4 is 10.6 Å². The van der Waals surface area contributed by atoms with E-state index in [0.717, 1.165) is 5.82 Å². The van der Waals surface area contributed by atoms with Gasteiger partial charge in [-0.2, -0.15) is 0 Å². The Morgan fingerprint density at radius 2 is 1.96 bits per heavy atom. The number of ether oxygens (including phenoxy) is 1. The number of carbonyl (C=O) groups excluding carboxylic acids is 2. The maximum Gasteiger partial charge on any atom is 0.317 e. The van der Waals surface area contributed by atoms with E-state index in [0.29, 0.717) is 43.2 Å². The van der Waals surface area contributed by atoms with E-state index in [9.17, 15) is 9.59 Å². The lowest BCUT2D eigenvalue weighted by molar-refractivity contribution is -0.167. The molecule has 3 amide bonds. The quantitative estimate of drug-likeness (QED) is 0.804. The van der Waals surface area contributed by atoms with Gasteiger partial charge in [0.25, 0.3) is 5.91 Å². The van der Waals surface area contributed by atoms with Crippen LogP contribution in [0.1, 0.15) is 18.7 Å². The number of halogens is 1. The first-order chi connectivity index (χ1) is 13.5. The first-order valence-electron chi connectivity index (χ1n) is 9.23. The summed E-state index contributed by atoms with van der Waals surface area (Å²) in [5, 5.41) is 6.15. The number of nitrogens with one attached hydrogen (secondary N) is 2. The molecule has 1 atom stereocenters. The minimum Gasteiger partial charge on any atom is -0.352 e. The number of carbonyl (C=O) groups is 2. The van der Waals surface area contributed by atoms with Crippen molar-refractivity contribution >= 4 is 29.2 Å². The van der Waals surface area contributed by atoms with E-state index < -0.39 is 11.7 Å². The fraction of sp³-hybridized carbons (Fsp3) is 0.421. The molecule has 1 fully saturated rings. The molecule has 4 rings (SSSR count). The molecule has 9 heteroatoms. The first kappa shape index (κ1) is 18.8. The van der Waals surface area contributed by atoms with Gasteiger partial charge in [0.1, 0.15) is 11.4 Å². The smallest absolute Gasteiger partial charge is 0.317 e. The predicted molar refractivity (Wildman–Crippen MR) is 104 cm³/mol. The molecule has 1 spiro atoms. The number of amides is 3. The van der Waals surface area contributed by atoms with Gasteiger partial charge < -0.3 is 24.8 Å². The molecule has 0 aliphatic carbocycles. The Hall–Kier alpha value is -2.58. The molecular formula is C19H22ClN5O3. The van der Waals surface area contributed by atoms with Crippen LogP contribution in [0, 0.1) is 0 Å². The van der Waals surface area contributed by atoms with Crippen molar-refractivity contribution in [2.24, 2.45) is 0 Å². The standard InChI is InChI=1S/C19H22ClN5O3/c1-21-18(27)24-9-6-19(7-10-24)17-22-8-11-25(17)12-15(28-19)16(26)23-14-4-2-13(20)3-5-14/h2-5,8,11,15H,6-7,9-10,12H2,1H3,(H,21,27)(H,23,26)/t15-/m1/s1. The average molecular weight is 404 g/mol. The summed E-state index contributed by atoms with van der Waals surface area (Å²) in [6.45, 7) is 1.48. The number of anilines is 1. The van der Waals surface area contributed by atoms with E-state index in [1.54, 1.807) is 42.4 Å². The number of piperidine rings is 1. The van der Waals surface area contributed by atoms with Crippen LogP contribution in [0.3, 0.4) is 0 Å². The summed E-state index contributed by atoms with van der Waals surface area (Å²) < 4.78 is 8.32. The van der Waals surface area contributed by atoms with E-state index in [1.807, 2.05) is 10.8 Å². The predicted octanol–water partition coefficient (Wildman–Crippen LogP) is 2.20. The van der Waals surface area contributed by atoms with Gasteiger partial charge in [-0.15, -0.1) is 0 Å². The Balaban J connectivity index is 1.52. The third-order valence-electron chi connectivity index (χ3n) is 5.33. The number of rotatable bonds is 2. The van der Waals surface area contributed by atoms with Crippen LogP contribution >= 0.6 is 11.6 Å². The number of urea groups is 1. The molecule has 0 radical (unpaired) electrons. The summed E-state index contributed by atoms with van der Waals surface area (Å²) in [5.74, 6) is 0.606. The summed E-state index contributed by atoms with van der Waals surface area (Å²) >= 11 is 5.90. The van der Waals surface area contributed by atoms with Crippen molar-refractivity contribution in [3.63, 3.8) is 0 Å². The lowest BCUT2D eigenvalue weighted by Crippen LogP contribution is -2.54. The monoisotopic (exact) mass is 403 g/mol. The summed E-state index contributed by atoms with van der Waals surface area (Å²) in [4.78, 5) is 31.0. The molecule has 1 aromatic heterocycles. The highest BCUT2D eigenvalue weighted by molar-refractivity contribution is 6.30. The zero-order valence-corrected chi connectivity index (χ0v) is 16.3. The molecule has 2 aliphatic heterocycles. The number of likely N-dealkylation sites (tertiary alicyclic amines) is 1. The van der Waals surface area contributed by atoms with Crippen molar-refractivity contribution in [3.05, 3.63) is 47.5 Å². The normalized spacial score (nSPS) is 20.5. The minimum absolute atomic E-state index is 0.106. The number of hydrogen-bond donors (Lipinski definition) is 2. The van der Waals surface area contributed by atoms with Gasteiger partial charge in [0, 0.05) is 56.1 Å². The third-order valence-corrected chi connectivity index (χ3v) is 5.58. The van der Waals surface area contributed by atoms with Crippen LogP contribution in [0.5, 0.6) is 0 Å². The molecular weight excluding hydrogens is 382 g/mol. The number of imidazole rings is 1. The van der Waals surface area contributed by atoms with Crippen molar-refractivity contribution in [1.29, 1.82) is 0 Å². The van der Waals surface area contributed by atoms with Gasteiger partial charge in [0.05, 0.1) is 6.54 Å². The summed E-state index contributed by atoms with van der Waals surface area (Å²) in [7, 11) is 1.62. The molecule has 8 nitrogen and oxygen atoms in total. The molecule has 0 saturated carbocycles. The van der Waals surface area contributed by atoms with E-state index in [2.05, 4.69) is 15.6 Å². The second-order valence-electron chi connectivity index (χ2n) is 7.04. The molecule has 2 aliphatic rings. The number of nitrogens with zero attached hydrogens (tertiary/aromatic N) is 3. The highest BCUT2D eigenvalue weighted by Gasteiger charge is 2.47. The largest absolute Gasteiger partial charge is 0.352 e. The number of aromatic nitrogens is 2. The average Bonchev–Trinajstić information content (AvgIpc) is 3.19. The van der Waals surface area contributed by atoms with Gasteiger partial charge in [-0.05, 0) is 24.3 Å². The minimum atomic E-state index is -0.672. The Labute approximate surface area is 167 Å². The molecule has 1 aromatic carbocycles. The van der Waals surface area contributed by atoms with Crippen LogP contribution in [-0.4, -0.2) is 52.6 Å². The fourth-order valence-electron chi connectivity index (χ4n) is 3.86. The highest BCUT2D eigenvalue weighted by Crippen LogP contribution is 2.40. The Morgan fingerprint density at radius 1 is 1.25 bits per heavy atom. The van der Waals surface area contributed by atoms with Gasteiger partial charge in [0.2, 0.25) is 0 Å². The van der Waals surface area contributed by atoms with E-state index in [-0.39, 0.29) is 11.9 Å².